The Morgan fingerprint density at radius 2 is 1.84 bits per heavy atom. The number of sulfonamides is 1. The van der Waals surface area contributed by atoms with Crippen LogP contribution in [0.1, 0.15) is 6.92 Å². The number of rotatable bonds is 7. The Labute approximate surface area is 195 Å². The maximum absolute atomic E-state index is 13.3. The van der Waals surface area contributed by atoms with Crippen LogP contribution in [0.2, 0.25) is 0 Å². The van der Waals surface area contributed by atoms with Gasteiger partial charge < -0.3 is 15.0 Å². The van der Waals surface area contributed by atoms with Crippen LogP contribution in [0.5, 0.6) is 5.75 Å². The number of piperazine rings is 1. The zero-order chi connectivity index (χ0) is 22.6. The number of hydrogen-bond acceptors (Lipinski definition) is 8. The Bertz CT molecular complexity index is 1170. The van der Waals surface area contributed by atoms with E-state index in [0.717, 1.165) is 5.82 Å². The van der Waals surface area contributed by atoms with Crippen LogP contribution in [0.15, 0.2) is 64.4 Å². The smallest absolute Gasteiger partial charge is 0.246 e. The first-order valence-electron chi connectivity index (χ1n) is 10.1. The first-order chi connectivity index (χ1) is 15.5. The second-order valence-corrected chi connectivity index (χ2v) is 9.84. The molecule has 3 heterocycles. The minimum Gasteiger partial charge on any atom is -0.492 e. The summed E-state index contributed by atoms with van der Waals surface area (Å²) < 4.78 is 34.3. The molecule has 0 unspecified atom stereocenters. The van der Waals surface area contributed by atoms with Gasteiger partial charge in [-0.25, -0.2) is 23.4 Å². The van der Waals surface area contributed by atoms with Crippen LogP contribution >= 0.6 is 15.9 Å². The molecule has 0 amide bonds. The molecule has 1 aliphatic heterocycles. The molecule has 9 nitrogen and oxygen atoms in total. The summed E-state index contributed by atoms with van der Waals surface area (Å²) in [5.41, 5.74) is 0. The number of hydrogen-bond donors (Lipinski definition) is 1. The van der Waals surface area contributed by atoms with Crippen LogP contribution in [0.3, 0.4) is 0 Å². The summed E-state index contributed by atoms with van der Waals surface area (Å²) in [4.78, 5) is 15.1. The third-order valence-electron chi connectivity index (χ3n) is 4.96. The van der Waals surface area contributed by atoms with E-state index in [1.807, 2.05) is 36.1 Å². The van der Waals surface area contributed by atoms with Crippen molar-refractivity contribution >= 4 is 43.4 Å². The summed E-state index contributed by atoms with van der Waals surface area (Å²) in [5, 5.41) is 3.15. The number of nitrogens with zero attached hydrogens (tertiary/aromatic N) is 5. The van der Waals surface area contributed by atoms with Crippen LogP contribution < -0.4 is 15.0 Å². The van der Waals surface area contributed by atoms with E-state index in [0.29, 0.717) is 54.6 Å². The number of pyridine rings is 1. The van der Waals surface area contributed by atoms with Gasteiger partial charge in [0.2, 0.25) is 10.0 Å². The Balaban J connectivity index is 1.47. The molecule has 0 aliphatic carbocycles. The van der Waals surface area contributed by atoms with Crippen LogP contribution in [0.25, 0.3) is 0 Å². The highest BCUT2D eigenvalue weighted by molar-refractivity contribution is 9.10. The minimum atomic E-state index is -3.69. The molecule has 1 saturated heterocycles. The average Bonchev–Trinajstić information content (AvgIpc) is 2.81. The second kappa shape index (κ2) is 9.80. The lowest BCUT2D eigenvalue weighted by atomic mass is 10.3. The molecule has 2 aromatic heterocycles. The molecule has 0 bridgehead atoms. The standard InChI is InChI=1S/C21H23BrN6O3S/c1-2-31-17-7-6-16(22)13-18(17)32(29,30)28-11-9-27(10-12-28)21-14-20(24-15-25-21)26-19-5-3-4-8-23-19/h3-8,13-15H,2,9-12H2,1H3,(H,23,24,25,26). The molecular weight excluding hydrogens is 496 g/mol. The fourth-order valence-corrected chi connectivity index (χ4v) is 5.50. The summed E-state index contributed by atoms with van der Waals surface area (Å²) in [6, 6.07) is 12.5. The predicted octanol–water partition coefficient (Wildman–Crippen LogP) is 3.29. The maximum Gasteiger partial charge on any atom is 0.246 e. The van der Waals surface area contributed by atoms with Gasteiger partial charge in [-0.2, -0.15) is 4.31 Å². The first-order valence-corrected chi connectivity index (χ1v) is 12.4. The molecule has 168 valence electrons. The van der Waals surface area contributed by atoms with E-state index in [-0.39, 0.29) is 4.90 Å². The summed E-state index contributed by atoms with van der Waals surface area (Å²) >= 11 is 3.36. The minimum absolute atomic E-state index is 0.172. The highest BCUT2D eigenvalue weighted by Gasteiger charge is 2.31. The Morgan fingerprint density at radius 3 is 2.56 bits per heavy atom. The van der Waals surface area contributed by atoms with E-state index < -0.39 is 10.0 Å². The normalized spacial score (nSPS) is 14.9. The lowest BCUT2D eigenvalue weighted by Crippen LogP contribution is -2.49. The van der Waals surface area contributed by atoms with Gasteiger partial charge in [-0.1, -0.05) is 22.0 Å². The highest BCUT2D eigenvalue weighted by atomic mass is 79.9. The highest BCUT2D eigenvalue weighted by Crippen LogP contribution is 2.31. The molecule has 1 fully saturated rings. The van der Waals surface area contributed by atoms with Crippen molar-refractivity contribution in [3.8, 4) is 5.75 Å². The van der Waals surface area contributed by atoms with Gasteiger partial charge in [0, 0.05) is 42.9 Å². The van der Waals surface area contributed by atoms with E-state index >= 15 is 0 Å². The SMILES string of the molecule is CCOc1ccc(Br)cc1S(=O)(=O)N1CCN(c2cc(Nc3ccccn3)ncn2)CC1. The van der Waals surface area contributed by atoms with Crippen LogP contribution in [0.4, 0.5) is 17.5 Å². The summed E-state index contributed by atoms with van der Waals surface area (Å²) in [6.45, 7) is 3.92. The first kappa shape index (κ1) is 22.4. The summed E-state index contributed by atoms with van der Waals surface area (Å²) in [7, 11) is -3.69. The summed E-state index contributed by atoms with van der Waals surface area (Å²) in [5.74, 6) is 2.40. The molecule has 1 aliphatic rings. The van der Waals surface area contributed by atoms with Gasteiger partial charge in [0.15, 0.2) is 0 Å². The molecule has 11 heteroatoms. The van der Waals surface area contributed by atoms with E-state index in [1.165, 1.54) is 10.6 Å². The van der Waals surface area contributed by atoms with Crippen molar-refractivity contribution in [3.05, 3.63) is 59.5 Å². The van der Waals surface area contributed by atoms with Gasteiger partial charge in [0.05, 0.1) is 6.61 Å². The van der Waals surface area contributed by atoms with Gasteiger partial charge in [-0.05, 0) is 37.3 Å². The molecular formula is C21H23BrN6O3S. The molecule has 1 aromatic carbocycles. The molecule has 0 spiro atoms. The molecule has 1 N–H and O–H groups in total. The van der Waals surface area contributed by atoms with Crippen molar-refractivity contribution in [2.45, 2.75) is 11.8 Å². The number of halogens is 1. The zero-order valence-electron chi connectivity index (χ0n) is 17.5. The third kappa shape index (κ3) is 5.00. The number of nitrogens with one attached hydrogen (secondary N) is 1. The predicted molar refractivity (Wildman–Crippen MR) is 126 cm³/mol. The van der Waals surface area contributed by atoms with Gasteiger partial charge in [-0.15, -0.1) is 0 Å². The van der Waals surface area contributed by atoms with Crippen molar-refractivity contribution in [3.63, 3.8) is 0 Å². The van der Waals surface area contributed by atoms with E-state index in [1.54, 1.807) is 24.4 Å². The van der Waals surface area contributed by atoms with E-state index in [9.17, 15) is 8.42 Å². The third-order valence-corrected chi connectivity index (χ3v) is 7.37. The Morgan fingerprint density at radius 1 is 1.03 bits per heavy atom. The van der Waals surface area contributed by atoms with Crippen LogP contribution in [0, 0.1) is 0 Å². The number of benzene rings is 1. The molecule has 0 saturated carbocycles. The lowest BCUT2D eigenvalue weighted by molar-refractivity contribution is 0.327. The van der Waals surface area contributed by atoms with Gasteiger partial charge in [0.25, 0.3) is 0 Å². The molecule has 32 heavy (non-hydrogen) atoms. The fourth-order valence-electron chi connectivity index (χ4n) is 3.41. The van der Waals surface area contributed by atoms with Crippen molar-refractivity contribution in [1.29, 1.82) is 0 Å². The lowest BCUT2D eigenvalue weighted by Gasteiger charge is -2.34. The number of anilines is 3. The van der Waals surface area contributed by atoms with Gasteiger partial charge >= 0.3 is 0 Å². The molecule has 0 atom stereocenters. The quantitative estimate of drug-likeness (QED) is 0.508. The number of ether oxygens (including phenoxy) is 1. The molecule has 0 radical (unpaired) electrons. The van der Waals surface area contributed by atoms with Gasteiger partial charge in [0.1, 0.15) is 34.4 Å². The Kier molecular flexibility index (Phi) is 6.87. The average molecular weight is 519 g/mol. The topological polar surface area (TPSA) is 101 Å². The van der Waals surface area contributed by atoms with Crippen molar-refractivity contribution in [2.75, 3.05) is 43.0 Å². The second-order valence-electron chi connectivity index (χ2n) is 7.02. The molecule has 3 aromatic rings. The number of aromatic nitrogens is 3. The van der Waals surface area contributed by atoms with Crippen LogP contribution in [-0.2, 0) is 10.0 Å². The summed E-state index contributed by atoms with van der Waals surface area (Å²) in [6.07, 6.45) is 3.19. The van der Waals surface area contributed by atoms with Crippen molar-refractivity contribution < 1.29 is 13.2 Å². The van der Waals surface area contributed by atoms with Crippen LogP contribution in [-0.4, -0.2) is 60.5 Å². The monoisotopic (exact) mass is 518 g/mol. The van der Waals surface area contributed by atoms with E-state index in [4.69, 9.17) is 4.74 Å². The maximum atomic E-state index is 13.3. The zero-order valence-corrected chi connectivity index (χ0v) is 19.9. The van der Waals surface area contributed by atoms with Gasteiger partial charge in [-0.3, -0.25) is 0 Å². The van der Waals surface area contributed by atoms with Crippen molar-refractivity contribution in [2.24, 2.45) is 0 Å². The van der Waals surface area contributed by atoms with E-state index in [2.05, 4.69) is 36.2 Å². The van der Waals surface area contributed by atoms with Crippen molar-refractivity contribution in [1.82, 2.24) is 19.3 Å². The fraction of sp³-hybridized carbons (Fsp3) is 0.286. The Hall–Kier alpha value is -2.76. The molecule has 4 rings (SSSR count). The largest absolute Gasteiger partial charge is 0.492 e.